The minimum atomic E-state index is -6.06. The second-order valence-corrected chi connectivity index (χ2v) is 10.5. The number of halogens is 6. The number of hydrogen-bond acceptors (Lipinski definition) is 4. The quantitative estimate of drug-likeness (QED) is 0.274. The first-order chi connectivity index (χ1) is 18.9. The molecule has 1 amide bonds. The average Bonchev–Trinajstić information content (AvgIpc) is 2.88. The van der Waals surface area contributed by atoms with Gasteiger partial charge in [0.2, 0.25) is 5.91 Å². The maximum atomic E-state index is 13.8. The van der Waals surface area contributed by atoms with Crippen LogP contribution in [0.2, 0.25) is 0 Å². The number of aromatic nitrogens is 2. The number of nitrogens with one attached hydrogen (secondary N) is 1. The van der Waals surface area contributed by atoms with Crippen LogP contribution in [0, 0.1) is 5.41 Å². The van der Waals surface area contributed by atoms with Gasteiger partial charge in [0.15, 0.2) is 0 Å². The summed E-state index contributed by atoms with van der Waals surface area (Å²) in [4.78, 5) is 30.8. The molecule has 0 unspecified atom stereocenters. The van der Waals surface area contributed by atoms with Crippen LogP contribution >= 0.6 is 0 Å². The Hall–Kier alpha value is -4.19. The zero-order chi connectivity index (χ0) is 30.4. The van der Waals surface area contributed by atoms with Crippen LogP contribution in [0.1, 0.15) is 37.7 Å². The Labute approximate surface area is 230 Å². The summed E-state index contributed by atoms with van der Waals surface area (Å²) < 4.78 is 81.4. The standard InChI is InChI=1S/C29H25F6N3O3/c1-26(2,3)25(40)36-19-11-14-22-21(16-19)24(39)38(23(37-22)15-17-7-5-4-6-8-17)20-12-9-18(10-13-20)27(41,28(30,31)32)29(33,34)35/h4-14,16,41H,15H2,1-3H3,(H,36,40). The van der Waals surface area contributed by atoms with Gasteiger partial charge in [0.05, 0.1) is 16.6 Å². The number of hydrogen-bond donors (Lipinski definition) is 2. The molecule has 216 valence electrons. The molecule has 41 heavy (non-hydrogen) atoms. The third kappa shape index (κ3) is 5.69. The van der Waals surface area contributed by atoms with E-state index in [9.17, 15) is 41.0 Å². The molecule has 0 saturated heterocycles. The van der Waals surface area contributed by atoms with Crippen molar-refractivity contribution in [3.8, 4) is 5.69 Å². The number of carbonyl (C=O) groups excluding carboxylic acids is 1. The van der Waals surface area contributed by atoms with Gasteiger partial charge in [0.25, 0.3) is 11.2 Å². The maximum Gasteiger partial charge on any atom is 0.430 e. The second kappa shape index (κ2) is 10.3. The van der Waals surface area contributed by atoms with E-state index in [-0.39, 0.29) is 34.7 Å². The number of aliphatic hydroxyl groups is 1. The summed E-state index contributed by atoms with van der Waals surface area (Å²) in [5, 5.41) is 12.5. The molecule has 0 saturated carbocycles. The lowest BCUT2D eigenvalue weighted by Crippen LogP contribution is -2.53. The molecule has 0 aliphatic rings. The Bertz CT molecular complexity index is 1620. The molecule has 1 heterocycles. The zero-order valence-corrected chi connectivity index (χ0v) is 22.1. The van der Waals surface area contributed by atoms with Gasteiger partial charge in [-0.3, -0.25) is 14.2 Å². The highest BCUT2D eigenvalue weighted by molar-refractivity contribution is 5.96. The normalized spacial score (nSPS) is 12.9. The molecule has 0 spiro atoms. The molecule has 3 aromatic carbocycles. The average molecular weight is 578 g/mol. The van der Waals surface area contributed by atoms with Gasteiger partial charge >= 0.3 is 12.4 Å². The molecule has 1 aromatic heterocycles. The van der Waals surface area contributed by atoms with E-state index in [0.29, 0.717) is 17.8 Å². The van der Waals surface area contributed by atoms with Gasteiger partial charge in [0.1, 0.15) is 5.82 Å². The number of rotatable bonds is 5. The molecule has 0 aliphatic heterocycles. The van der Waals surface area contributed by atoms with Crippen molar-refractivity contribution >= 4 is 22.5 Å². The fraction of sp³-hybridized carbons (Fsp3) is 0.276. The topological polar surface area (TPSA) is 84.2 Å². The lowest BCUT2D eigenvalue weighted by atomic mass is 9.92. The number of nitrogens with zero attached hydrogens (tertiary/aromatic N) is 2. The SMILES string of the molecule is CC(C)(C)C(=O)Nc1ccc2nc(Cc3ccccc3)n(-c3ccc(C(O)(C(F)(F)F)C(F)(F)F)cc3)c(=O)c2c1. The van der Waals surface area contributed by atoms with Crippen LogP contribution in [0.3, 0.4) is 0 Å². The molecule has 0 radical (unpaired) electrons. The molecule has 2 N–H and O–H groups in total. The molecule has 12 heteroatoms. The van der Waals surface area contributed by atoms with E-state index in [1.54, 1.807) is 57.2 Å². The Morgan fingerprint density at radius 1 is 0.878 bits per heavy atom. The van der Waals surface area contributed by atoms with Crippen LogP contribution in [-0.4, -0.2) is 32.9 Å². The minimum Gasteiger partial charge on any atom is -0.369 e. The van der Waals surface area contributed by atoms with Crippen molar-refractivity contribution in [2.75, 3.05) is 5.32 Å². The fourth-order valence-corrected chi connectivity index (χ4v) is 4.13. The van der Waals surface area contributed by atoms with E-state index in [1.165, 1.54) is 12.1 Å². The van der Waals surface area contributed by atoms with E-state index >= 15 is 0 Å². The predicted octanol–water partition coefficient (Wildman–Crippen LogP) is 6.27. The van der Waals surface area contributed by atoms with Crippen molar-refractivity contribution in [3.05, 3.63) is 100 Å². The van der Waals surface area contributed by atoms with Gasteiger partial charge in [-0.15, -0.1) is 0 Å². The van der Waals surface area contributed by atoms with Crippen LogP contribution < -0.4 is 10.9 Å². The molecular formula is C29H25F6N3O3. The smallest absolute Gasteiger partial charge is 0.369 e. The van der Waals surface area contributed by atoms with E-state index in [4.69, 9.17) is 0 Å². The first-order valence-corrected chi connectivity index (χ1v) is 12.3. The highest BCUT2D eigenvalue weighted by atomic mass is 19.4. The van der Waals surface area contributed by atoms with E-state index in [1.807, 2.05) is 0 Å². The fourth-order valence-electron chi connectivity index (χ4n) is 4.13. The summed E-state index contributed by atoms with van der Waals surface area (Å²) in [6, 6.07) is 16.0. The molecule has 4 rings (SSSR count). The molecule has 0 atom stereocenters. The number of anilines is 1. The summed E-state index contributed by atoms with van der Waals surface area (Å²) in [6.45, 7) is 5.11. The van der Waals surface area contributed by atoms with E-state index in [0.717, 1.165) is 22.3 Å². The largest absolute Gasteiger partial charge is 0.430 e. The van der Waals surface area contributed by atoms with E-state index in [2.05, 4.69) is 10.3 Å². The third-order valence-corrected chi connectivity index (χ3v) is 6.45. The summed E-state index contributed by atoms with van der Waals surface area (Å²) in [6.07, 6.45) is -12.0. The third-order valence-electron chi connectivity index (χ3n) is 6.45. The van der Waals surface area contributed by atoms with Crippen molar-refractivity contribution in [2.45, 2.75) is 45.1 Å². The van der Waals surface area contributed by atoms with E-state index < -0.39 is 34.5 Å². The van der Waals surface area contributed by atoms with Crippen LogP contribution in [0.25, 0.3) is 16.6 Å². The van der Waals surface area contributed by atoms with Crippen molar-refractivity contribution in [3.63, 3.8) is 0 Å². The maximum absolute atomic E-state index is 13.8. The predicted molar refractivity (Wildman–Crippen MR) is 141 cm³/mol. The number of carbonyl (C=O) groups is 1. The molecule has 0 aliphatic carbocycles. The van der Waals surface area contributed by atoms with Crippen LogP contribution in [0.5, 0.6) is 0 Å². The lowest BCUT2D eigenvalue weighted by Gasteiger charge is -2.32. The number of amides is 1. The van der Waals surface area contributed by atoms with Crippen LogP contribution in [-0.2, 0) is 16.8 Å². The Balaban J connectivity index is 1.90. The van der Waals surface area contributed by atoms with Gasteiger partial charge in [-0.05, 0) is 35.9 Å². The number of alkyl halides is 6. The molecular weight excluding hydrogens is 552 g/mol. The van der Waals surface area contributed by atoms with Crippen LogP contribution in [0.4, 0.5) is 32.0 Å². The molecule has 0 bridgehead atoms. The number of benzene rings is 3. The van der Waals surface area contributed by atoms with Gasteiger partial charge in [0, 0.05) is 23.1 Å². The summed E-state index contributed by atoms with van der Waals surface area (Å²) >= 11 is 0. The first kappa shape index (κ1) is 29.8. The van der Waals surface area contributed by atoms with Gasteiger partial charge < -0.3 is 10.4 Å². The lowest BCUT2D eigenvalue weighted by molar-refractivity contribution is -0.376. The number of fused-ring (bicyclic) bond motifs is 1. The Morgan fingerprint density at radius 2 is 1.46 bits per heavy atom. The summed E-state index contributed by atoms with van der Waals surface area (Å²) in [5.41, 5.74) is -6.74. The molecule has 4 aromatic rings. The first-order valence-electron chi connectivity index (χ1n) is 12.3. The highest BCUT2D eigenvalue weighted by Crippen LogP contribution is 2.50. The van der Waals surface area contributed by atoms with Crippen molar-refractivity contribution in [2.24, 2.45) is 5.41 Å². The Kier molecular flexibility index (Phi) is 7.50. The van der Waals surface area contributed by atoms with Crippen LogP contribution in [0.15, 0.2) is 77.6 Å². The highest BCUT2D eigenvalue weighted by Gasteiger charge is 2.71. The monoisotopic (exact) mass is 577 g/mol. The van der Waals surface area contributed by atoms with Crippen molar-refractivity contribution < 1.29 is 36.2 Å². The van der Waals surface area contributed by atoms with Crippen molar-refractivity contribution in [1.82, 2.24) is 9.55 Å². The van der Waals surface area contributed by atoms with Gasteiger partial charge in [-0.2, -0.15) is 26.3 Å². The van der Waals surface area contributed by atoms with Crippen molar-refractivity contribution in [1.29, 1.82) is 0 Å². The Morgan fingerprint density at radius 3 is 2.00 bits per heavy atom. The second-order valence-electron chi connectivity index (χ2n) is 10.5. The molecule has 0 fully saturated rings. The van der Waals surface area contributed by atoms with Gasteiger partial charge in [-0.1, -0.05) is 63.2 Å². The summed E-state index contributed by atoms with van der Waals surface area (Å²) in [5.74, 6) is -0.155. The zero-order valence-electron chi connectivity index (χ0n) is 22.1. The molecule has 6 nitrogen and oxygen atoms in total. The van der Waals surface area contributed by atoms with Gasteiger partial charge in [-0.25, -0.2) is 4.98 Å². The minimum absolute atomic E-state index is 0.0553. The summed E-state index contributed by atoms with van der Waals surface area (Å²) in [7, 11) is 0.